The van der Waals surface area contributed by atoms with E-state index in [1.807, 2.05) is 31.2 Å². The number of hydrogen-bond donors (Lipinski definition) is 1. The summed E-state index contributed by atoms with van der Waals surface area (Å²) in [5.74, 6) is 5.66. The van der Waals surface area contributed by atoms with E-state index in [1.165, 1.54) is 11.3 Å². The number of nitrogens with two attached hydrogens (primary N) is 1. The lowest BCUT2D eigenvalue weighted by Crippen LogP contribution is -2.29. The highest BCUT2D eigenvalue weighted by Crippen LogP contribution is 2.14. The van der Waals surface area contributed by atoms with E-state index in [9.17, 15) is 0 Å². The lowest BCUT2D eigenvalue weighted by molar-refractivity contribution is 1.14. The molecule has 1 rings (SSSR count). The third-order valence-electron chi connectivity index (χ3n) is 1.58. The molecule has 0 spiro atoms. The van der Waals surface area contributed by atoms with Crippen molar-refractivity contribution in [3.8, 4) is 0 Å². The van der Waals surface area contributed by atoms with Crippen molar-refractivity contribution in [3.05, 3.63) is 29.8 Å². The van der Waals surface area contributed by atoms with Gasteiger partial charge >= 0.3 is 0 Å². The fourth-order valence-corrected chi connectivity index (χ4v) is 1.10. The van der Waals surface area contributed by atoms with Gasteiger partial charge in [-0.3, -0.25) is 5.01 Å². The monoisotopic (exact) mass is 176 g/mol. The van der Waals surface area contributed by atoms with Crippen molar-refractivity contribution in [2.75, 3.05) is 5.01 Å². The van der Waals surface area contributed by atoms with Crippen molar-refractivity contribution >= 4 is 22.4 Å². The van der Waals surface area contributed by atoms with E-state index in [1.54, 1.807) is 0 Å². The molecule has 1 aromatic carbocycles. The van der Waals surface area contributed by atoms with Crippen molar-refractivity contribution in [3.63, 3.8) is 0 Å². The Morgan fingerprint density at radius 1 is 1.50 bits per heavy atom. The second-order valence-electron chi connectivity index (χ2n) is 2.44. The van der Waals surface area contributed by atoms with Crippen LogP contribution in [-0.4, -0.2) is 16.7 Å². The molecule has 0 aliphatic rings. The van der Waals surface area contributed by atoms with E-state index < -0.39 is 0 Å². The summed E-state index contributed by atoms with van der Waals surface area (Å²) in [6.45, 7) is 2.00. The van der Waals surface area contributed by atoms with Crippen LogP contribution in [0.1, 0.15) is 5.56 Å². The zero-order chi connectivity index (χ0) is 8.97. The van der Waals surface area contributed by atoms with Crippen molar-refractivity contribution in [1.82, 2.24) is 0 Å². The molecule has 0 aliphatic heterocycles. The van der Waals surface area contributed by atoms with Gasteiger partial charge in [0.1, 0.15) is 0 Å². The van der Waals surface area contributed by atoms with Crippen molar-refractivity contribution in [1.29, 1.82) is 0 Å². The molecule has 0 unspecified atom stereocenters. The van der Waals surface area contributed by atoms with Gasteiger partial charge in [0.25, 0.3) is 0 Å². The van der Waals surface area contributed by atoms with Crippen LogP contribution in [-0.2, 0) is 0 Å². The second kappa shape index (κ2) is 4.03. The number of anilines is 1. The fourth-order valence-electron chi connectivity index (χ4n) is 0.978. The molecule has 4 heteroatoms. The molecule has 0 saturated carbocycles. The Balaban J connectivity index is 2.94. The molecule has 0 saturated heterocycles. The Kier molecular flexibility index (Phi) is 3.01. The summed E-state index contributed by atoms with van der Waals surface area (Å²) >= 11 is 0. The summed E-state index contributed by atoms with van der Waals surface area (Å²) in [5, 5.41) is 1.46. The van der Waals surface area contributed by atoms with Gasteiger partial charge in [-0.15, -0.1) is 0 Å². The van der Waals surface area contributed by atoms with Gasteiger partial charge in [0.05, 0.1) is 12.0 Å². The zero-order valence-corrected chi connectivity index (χ0v) is 7.86. The van der Waals surface area contributed by atoms with E-state index >= 15 is 0 Å². The van der Waals surface area contributed by atoms with Crippen LogP contribution >= 0.6 is 0 Å². The molecule has 0 aliphatic carbocycles. The van der Waals surface area contributed by atoms with Crippen LogP contribution in [0.3, 0.4) is 0 Å². The van der Waals surface area contributed by atoms with Crippen molar-refractivity contribution < 1.29 is 0 Å². The Bertz CT molecular complexity index is 285. The maximum Gasteiger partial charge on any atom is 0.223 e. The minimum absolute atomic E-state index is 0.944. The summed E-state index contributed by atoms with van der Waals surface area (Å²) in [4.78, 5) is 0. The van der Waals surface area contributed by atoms with Crippen molar-refractivity contribution in [2.24, 2.45) is 10.5 Å². The highest BCUT2D eigenvalue weighted by atomic mass is 28.2. The van der Waals surface area contributed by atoms with E-state index in [2.05, 4.69) is 15.1 Å². The molecular formula is C8H10N3Si. The van der Waals surface area contributed by atoms with Crippen LogP contribution in [0.25, 0.3) is 0 Å². The third kappa shape index (κ3) is 1.93. The van der Waals surface area contributed by atoms with E-state index in [0.29, 0.717) is 0 Å². The highest BCUT2D eigenvalue weighted by Gasteiger charge is 1.99. The lowest BCUT2D eigenvalue weighted by atomic mass is 10.2. The Hall–Kier alpha value is -1.13. The Morgan fingerprint density at radius 3 is 2.75 bits per heavy atom. The number of aryl methyl sites for hydroxylation is 1. The molecule has 0 amide bonds. The largest absolute Gasteiger partial charge is 0.316 e. The molecule has 0 fully saturated rings. The predicted octanol–water partition coefficient (Wildman–Crippen LogP) is 0.787. The summed E-state index contributed by atoms with van der Waals surface area (Å²) in [7, 11) is 2.97. The first-order chi connectivity index (χ1) is 5.75. The van der Waals surface area contributed by atoms with E-state index in [0.717, 1.165) is 11.3 Å². The third-order valence-corrected chi connectivity index (χ3v) is 1.69. The van der Waals surface area contributed by atoms with Crippen LogP contribution in [0.2, 0.25) is 0 Å². The highest BCUT2D eigenvalue weighted by molar-refractivity contribution is 6.10. The molecule has 3 nitrogen and oxygen atoms in total. The van der Waals surface area contributed by atoms with Gasteiger partial charge in [-0.2, -0.15) is 0 Å². The summed E-state index contributed by atoms with van der Waals surface area (Å²) in [6.07, 6.45) is 1.50. The summed E-state index contributed by atoms with van der Waals surface area (Å²) in [5.41, 5.74) is 2.06. The lowest BCUT2D eigenvalue weighted by Gasteiger charge is -2.14. The minimum atomic E-state index is 0.944. The van der Waals surface area contributed by atoms with Gasteiger partial charge in [-0.25, -0.2) is 5.84 Å². The first kappa shape index (κ1) is 8.96. The van der Waals surface area contributed by atoms with Crippen molar-refractivity contribution in [2.45, 2.75) is 6.92 Å². The number of nitrogens with zero attached hydrogens (tertiary/aromatic N) is 2. The molecule has 1 aromatic rings. The van der Waals surface area contributed by atoms with Gasteiger partial charge < -0.3 is 4.66 Å². The van der Waals surface area contributed by atoms with Gasteiger partial charge in [0.15, 0.2) is 0 Å². The SMILES string of the molecule is Cc1ccccc1N(N)C=N[Si]. The average Bonchev–Trinajstić information content (AvgIpc) is 2.05. The first-order valence-electron chi connectivity index (χ1n) is 3.55. The number of hydrazine groups is 1. The smallest absolute Gasteiger partial charge is 0.223 e. The Labute approximate surface area is 75.4 Å². The standard InChI is InChI=1S/C8H10N3Si/c1-7-4-2-3-5-8(7)11(9)6-10-12/h2-6H,9H2,1H3. The molecule has 0 bridgehead atoms. The summed E-state index contributed by atoms with van der Waals surface area (Å²) < 4.78 is 3.63. The van der Waals surface area contributed by atoms with E-state index in [-0.39, 0.29) is 0 Å². The minimum Gasteiger partial charge on any atom is -0.316 e. The van der Waals surface area contributed by atoms with Gasteiger partial charge in [0.2, 0.25) is 10.4 Å². The van der Waals surface area contributed by atoms with Crippen LogP contribution in [0, 0.1) is 6.92 Å². The van der Waals surface area contributed by atoms with E-state index in [4.69, 9.17) is 5.84 Å². The number of hydrogen-bond acceptors (Lipinski definition) is 2. The van der Waals surface area contributed by atoms with Crippen LogP contribution < -0.4 is 10.9 Å². The molecule has 61 valence electrons. The maximum atomic E-state index is 5.66. The molecular weight excluding hydrogens is 166 g/mol. The zero-order valence-electron chi connectivity index (χ0n) is 6.86. The average molecular weight is 176 g/mol. The summed E-state index contributed by atoms with van der Waals surface area (Å²) in [6, 6.07) is 7.83. The maximum absolute atomic E-state index is 5.66. The predicted molar refractivity (Wildman–Crippen MR) is 52.1 cm³/mol. The topological polar surface area (TPSA) is 41.6 Å². The molecule has 0 heterocycles. The quantitative estimate of drug-likeness (QED) is 0.238. The molecule has 12 heavy (non-hydrogen) atoms. The van der Waals surface area contributed by atoms with Crippen LogP contribution in [0.15, 0.2) is 28.9 Å². The molecule has 0 atom stereocenters. The van der Waals surface area contributed by atoms with Crippen LogP contribution in [0.4, 0.5) is 5.69 Å². The van der Waals surface area contributed by atoms with Crippen LogP contribution in [0.5, 0.6) is 0 Å². The van der Waals surface area contributed by atoms with Gasteiger partial charge in [-0.05, 0) is 18.6 Å². The molecule has 2 N–H and O–H groups in total. The van der Waals surface area contributed by atoms with Gasteiger partial charge in [0, 0.05) is 0 Å². The molecule has 0 aromatic heterocycles. The Morgan fingerprint density at radius 2 is 2.17 bits per heavy atom. The van der Waals surface area contributed by atoms with Gasteiger partial charge in [-0.1, -0.05) is 18.2 Å². The number of rotatable bonds is 2. The first-order valence-corrected chi connectivity index (χ1v) is 4.00. The normalized spacial score (nSPS) is 10.6. The fraction of sp³-hybridized carbons (Fsp3) is 0.125. The molecule has 3 radical (unpaired) electrons. The number of benzene rings is 1. The second-order valence-corrected chi connectivity index (χ2v) is 2.70. The number of para-hydroxylation sites is 1.